The zero-order chi connectivity index (χ0) is 9.42. The number of rotatable bonds is 2. The Bertz CT molecular complexity index is 213. The number of nitrogens with zero attached hydrogens (tertiary/aromatic N) is 2. The molecule has 1 saturated carbocycles. The lowest BCUT2D eigenvalue weighted by Gasteiger charge is -2.36. The molecule has 74 valence electrons. The molecule has 1 unspecified atom stereocenters. The van der Waals surface area contributed by atoms with Gasteiger partial charge in [0, 0.05) is 25.6 Å². The van der Waals surface area contributed by atoms with Crippen LogP contribution in [0.4, 0.5) is 0 Å². The number of likely N-dealkylation sites (N-methyl/N-ethyl adjacent to an activating group) is 2. The standard InChI is InChI=1S/C10H18N2O/c1-11-5-6-12(2)9(7-11)10(13)8-3-4-8/h8-9H,3-7H2,1-2H3. The Hall–Kier alpha value is -0.410. The van der Waals surface area contributed by atoms with E-state index in [0.717, 1.165) is 32.5 Å². The third-order valence-corrected chi connectivity index (χ3v) is 3.16. The second-order valence-electron chi connectivity index (χ2n) is 4.44. The summed E-state index contributed by atoms with van der Waals surface area (Å²) in [7, 11) is 4.16. The highest BCUT2D eigenvalue weighted by molar-refractivity contribution is 5.88. The lowest BCUT2D eigenvalue weighted by atomic mass is 10.0. The highest BCUT2D eigenvalue weighted by atomic mass is 16.1. The first-order valence-electron chi connectivity index (χ1n) is 5.11. The van der Waals surface area contributed by atoms with Crippen molar-refractivity contribution in [2.24, 2.45) is 5.92 Å². The van der Waals surface area contributed by atoms with Crippen molar-refractivity contribution in [3.8, 4) is 0 Å². The highest BCUT2D eigenvalue weighted by Crippen LogP contribution is 2.32. The van der Waals surface area contributed by atoms with Crippen LogP contribution in [0.15, 0.2) is 0 Å². The maximum Gasteiger partial charge on any atom is 0.154 e. The van der Waals surface area contributed by atoms with E-state index in [1.54, 1.807) is 0 Å². The van der Waals surface area contributed by atoms with Crippen molar-refractivity contribution in [3.05, 3.63) is 0 Å². The summed E-state index contributed by atoms with van der Waals surface area (Å²) in [6.45, 7) is 3.04. The smallest absolute Gasteiger partial charge is 0.154 e. The first-order valence-corrected chi connectivity index (χ1v) is 5.11. The van der Waals surface area contributed by atoms with E-state index >= 15 is 0 Å². The summed E-state index contributed by atoms with van der Waals surface area (Å²) >= 11 is 0. The van der Waals surface area contributed by atoms with Gasteiger partial charge in [-0.1, -0.05) is 0 Å². The summed E-state index contributed by atoms with van der Waals surface area (Å²) in [4.78, 5) is 16.3. The van der Waals surface area contributed by atoms with Gasteiger partial charge in [0.15, 0.2) is 5.78 Å². The second kappa shape index (κ2) is 3.39. The second-order valence-corrected chi connectivity index (χ2v) is 4.44. The maximum atomic E-state index is 11.8. The van der Waals surface area contributed by atoms with E-state index in [2.05, 4.69) is 23.9 Å². The number of piperazine rings is 1. The van der Waals surface area contributed by atoms with Crippen LogP contribution < -0.4 is 0 Å². The molecule has 13 heavy (non-hydrogen) atoms. The van der Waals surface area contributed by atoms with Gasteiger partial charge < -0.3 is 4.90 Å². The molecule has 1 saturated heterocycles. The molecule has 0 N–H and O–H groups in total. The molecule has 0 amide bonds. The Labute approximate surface area is 79.7 Å². The predicted octanol–water partition coefficient (Wildman–Crippen LogP) is 0.211. The number of ketones is 1. The van der Waals surface area contributed by atoms with Gasteiger partial charge in [0.25, 0.3) is 0 Å². The SMILES string of the molecule is CN1CCN(C)C(C(=O)C2CC2)C1. The van der Waals surface area contributed by atoms with Crippen LogP contribution in [0, 0.1) is 5.92 Å². The molecule has 3 nitrogen and oxygen atoms in total. The van der Waals surface area contributed by atoms with Gasteiger partial charge in [0.05, 0.1) is 6.04 Å². The Morgan fingerprint density at radius 3 is 2.54 bits per heavy atom. The quantitative estimate of drug-likeness (QED) is 0.610. The lowest BCUT2D eigenvalue weighted by molar-refractivity contribution is -0.126. The average Bonchev–Trinajstić information content (AvgIpc) is 2.91. The first-order chi connectivity index (χ1) is 6.18. The molecule has 1 aliphatic heterocycles. The molecule has 0 aromatic rings. The summed E-state index contributed by atoms with van der Waals surface area (Å²) in [6.07, 6.45) is 2.26. The van der Waals surface area contributed by atoms with Gasteiger partial charge in [0.2, 0.25) is 0 Å². The molecule has 0 spiro atoms. The van der Waals surface area contributed by atoms with Crippen LogP contribution in [-0.2, 0) is 4.79 Å². The first kappa shape index (κ1) is 9.16. The van der Waals surface area contributed by atoms with Gasteiger partial charge in [-0.05, 0) is 26.9 Å². The van der Waals surface area contributed by atoms with Crippen LogP contribution in [-0.4, -0.2) is 55.4 Å². The fourth-order valence-electron chi connectivity index (χ4n) is 1.96. The summed E-state index contributed by atoms with van der Waals surface area (Å²) < 4.78 is 0. The van der Waals surface area contributed by atoms with Crippen LogP contribution in [0.3, 0.4) is 0 Å². The number of carbonyl (C=O) groups excluding carboxylic acids is 1. The van der Waals surface area contributed by atoms with Crippen LogP contribution in [0.5, 0.6) is 0 Å². The van der Waals surface area contributed by atoms with Gasteiger partial charge in [-0.15, -0.1) is 0 Å². The van der Waals surface area contributed by atoms with Gasteiger partial charge in [0.1, 0.15) is 0 Å². The van der Waals surface area contributed by atoms with Crippen molar-refractivity contribution >= 4 is 5.78 Å². The molecule has 2 rings (SSSR count). The average molecular weight is 182 g/mol. The van der Waals surface area contributed by atoms with E-state index in [1.165, 1.54) is 0 Å². The monoisotopic (exact) mass is 182 g/mol. The minimum absolute atomic E-state index is 0.172. The van der Waals surface area contributed by atoms with E-state index < -0.39 is 0 Å². The van der Waals surface area contributed by atoms with E-state index in [-0.39, 0.29) is 6.04 Å². The van der Waals surface area contributed by atoms with Crippen molar-refractivity contribution in [1.82, 2.24) is 9.80 Å². The molecule has 0 radical (unpaired) electrons. The molecular formula is C10H18N2O. The van der Waals surface area contributed by atoms with Gasteiger partial charge >= 0.3 is 0 Å². The van der Waals surface area contributed by atoms with Gasteiger partial charge in [-0.3, -0.25) is 9.69 Å². The lowest BCUT2D eigenvalue weighted by Crippen LogP contribution is -2.53. The van der Waals surface area contributed by atoms with E-state index in [9.17, 15) is 4.79 Å². The molecule has 3 heteroatoms. The molecular weight excluding hydrogens is 164 g/mol. The van der Waals surface area contributed by atoms with Crippen molar-refractivity contribution in [1.29, 1.82) is 0 Å². The number of carbonyl (C=O) groups is 1. The van der Waals surface area contributed by atoms with E-state index in [4.69, 9.17) is 0 Å². The molecule has 0 aromatic heterocycles. The zero-order valence-electron chi connectivity index (χ0n) is 8.49. The maximum absolute atomic E-state index is 11.8. The fraction of sp³-hybridized carbons (Fsp3) is 0.900. The van der Waals surface area contributed by atoms with Gasteiger partial charge in [-0.25, -0.2) is 0 Å². The van der Waals surface area contributed by atoms with Crippen molar-refractivity contribution < 1.29 is 4.79 Å². The van der Waals surface area contributed by atoms with Crippen LogP contribution in [0.25, 0.3) is 0 Å². The summed E-state index contributed by atoms with van der Waals surface area (Å²) in [6, 6.07) is 0.172. The molecule has 2 fully saturated rings. The topological polar surface area (TPSA) is 23.6 Å². The van der Waals surface area contributed by atoms with Crippen LogP contribution in [0.2, 0.25) is 0 Å². The van der Waals surface area contributed by atoms with Crippen molar-refractivity contribution in [3.63, 3.8) is 0 Å². The number of hydrogen-bond acceptors (Lipinski definition) is 3. The Morgan fingerprint density at radius 1 is 1.23 bits per heavy atom. The highest BCUT2D eigenvalue weighted by Gasteiger charge is 2.38. The minimum atomic E-state index is 0.172. The third-order valence-electron chi connectivity index (χ3n) is 3.16. The van der Waals surface area contributed by atoms with Crippen molar-refractivity contribution in [2.75, 3.05) is 33.7 Å². The van der Waals surface area contributed by atoms with Gasteiger partial charge in [-0.2, -0.15) is 0 Å². The van der Waals surface area contributed by atoms with Crippen LogP contribution in [0.1, 0.15) is 12.8 Å². The minimum Gasteiger partial charge on any atom is -0.303 e. The third kappa shape index (κ3) is 1.92. The van der Waals surface area contributed by atoms with Crippen LogP contribution >= 0.6 is 0 Å². The number of Topliss-reactive ketones (excluding diaryl/α,β-unsaturated/α-hetero) is 1. The summed E-state index contributed by atoms with van der Waals surface area (Å²) in [5.74, 6) is 0.882. The zero-order valence-corrected chi connectivity index (χ0v) is 8.49. The Balaban J connectivity index is 1.97. The molecule has 1 aliphatic carbocycles. The van der Waals surface area contributed by atoms with E-state index in [0.29, 0.717) is 11.7 Å². The Kier molecular flexibility index (Phi) is 2.39. The van der Waals surface area contributed by atoms with Crippen molar-refractivity contribution in [2.45, 2.75) is 18.9 Å². The predicted molar refractivity (Wildman–Crippen MR) is 51.6 cm³/mol. The molecule has 0 aromatic carbocycles. The molecule has 2 aliphatic rings. The molecule has 0 bridgehead atoms. The summed E-state index contributed by atoms with van der Waals surface area (Å²) in [5, 5.41) is 0. The largest absolute Gasteiger partial charge is 0.303 e. The normalized spacial score (nSPS) is 32.0. The molecule has 1 atom stereocenters. The molecule has 1 heterocycles. The fourth-order valence-corrected chi connectivity index (χ4v) is 1.96. The summed E-state index contributed by atoms with van der Waals surface area (Å²) in [5.41, 5.74) is 0. The Morgan fingerprint density at radius 2 is 1.92 bits per heavy atom. The van der Waals surface area contributed by atoms with E-state index in [1.807, 2.05) is 0 Å². The number of hydrogen-bond donors (Lipinski definition) is 0.